The number of carbonyl (C=O) groups is 1. The van der Waals surface area contributed by atoms with E-state index in [1.54, 1.807) is 6.07 Å². The van der Waals surface area contributed by atoms with E-state index >= 15 is 0 Å². The number of hydrogen-bond acceptors (Lipinski definition) is 2. The van der Waals surface area contributed by atoms with E-state index in [1.165, 1.54) is 0 Å². The summed E-state index contributed by atoms with van der Waals surface area (Å²) in [5.41, 5.74) is -0.383. The minimum absolute atomic E-state index is 0.332. The van der Waals surface area contributed by atoms with Crippen LogP contribution >= 0.6 is 11.6 Å². The minimum Gasteiger partial charge on any atom is -0.384 e. The van der Waals surface area contributed by atoms with Gasteiger partial charge in [0.25, 0.3) is 0 Å². The van der Waals surface area contributed by atoms with E-state index in [4.69, 9.17) is 11.6 Å². The second-order valence-corrected chi connectivity index (χ2v) is 4.80. The molecule has 1 aromatic carbocycles. The molecule has 1 aromatic rings. The topological polar surface area (TPSA) is 37.3 Å². The van der Waals surface area contributed by atoms with Gasteiger partial charge in [-0.3, -0.25) is 0 Å². The molecular weight excluding hydrogens is 224 g/mol. The lowest BCUT2D eigenvalue weighted by molar-refractivity contribution is -0.125. The fraction of sp³-hybridized carbons (Fsp3) is 0.462. The first-order valence-corrected chi connectivity index (χ1v) is 5.99. The van der Waals surface area contributed by atoms with Gasteiger partial charge in [-0.05, 0) is 18.9 Å². The van der Waals surface area contributed by atoms with Gasteiger partial charge in [-0.25, -0.2) is 0 Å². The Morgan fingerprint density at radius 3 is 2.81 bits per heavy atom. The van der Waals surface area contributed by atoms with Gasteiger partial charge in [0.15, 0.2) is 0 Å². The van der Waals surface area contributed by atoms with Crippen molar-refractivity contribution >= 4 is 17.9 Å². The molecule has 1 saturated carbocycles. The van der Waals surface area contributed by atoms with Crippen molar-refractivity contribution in [1.29, 1.82) is 0 Å². The fourth-order valence-electron chi connectivity index (χ4n) is 2.51. The summed E-state index contributed by atoms with van der Waals surface area (Å²) in [4.78, 5) is 11.1. The number of aldehydes is 1. The largest absolute Gasteiger partial charge is 0.384 e. The van der Waals surface area contributed by atoms with Crippen molar-refractivity contribution in [1.82, 2.24) is 0 Å². The van der Waals surface area contributed by atoms with Crippen LogP contribution in [0.2, 0.25) is 5.02 Å². The molecule has 16 heavy (non-hydrogen) atoms. The highest BCUT2D eigenvalue weighted by Crippen LogP contribution is 2.43. The maximum atomic E-state index is 11.1. The molecule has 2 rings (SSSR count). The smallest absolute Gasteiger partial charge is 0.126 e. The Hall–Kier alpha value is -0.860. The van der Waals surface area contributed by atoms with Crippen molar-refractivity contribution in [3.8, 4) is 0 Å². The van der Waals surface area contributed by atoms with Gasteiger partial charge in [0, 0.05) is 16.5 Å². The van der Waals surface area contributed by atoms with Crippen LogP contribution in [0.5, 0.6) is 0 Å². The Morgan fingerprint density at radius 2 is 2.12 bits per heavy atom. The Morgan fingerprint density at radius 1 is 1.38 bits per heavy atom. The lowest BCUT2D eigenvalue weighted by Gasteiger charge is -2.38. The van der Waals surface area contributed by atoms with E-state index in [1.807, 2.05) is 18.2 Å². The van der Waals surface area contributed by atoms with E-state index in [2.05, 4.69) is 0 Å². The van der Waals surface area contributed by atoms with Crippen LogP contribution < -0.4 is 0 Å². The molecule has 1 N–H and O–H groups in total. The van der Waals surface area contributed by atoms with Gasteiger partial charge >= 0.3 is 0 Å². The maximum absolute atomic E-state index is 11.1. The SMILES string of the molecule is O=CC1CCCCC1(O)c1ccccc1Cl. The third-order valence-electron chi connectivity index (χ3n) is 3.44. The molecule has 0 aliphatic heterocycles. The molecule has 0 aromatic heterocycles. The molecule has 0 radical (unpaired) electrons. The number of halogens is 1. The maximum Gasteiger partial charge on any atom is 0.126 e. The molecule has 86 valence electrons. The predicted molar refractivity (Wildman–Crippen MR) is 63.4 cm³/mol. The molecule has 0 heterocycles. The Bertz CT molecular complexity index is 391. The number of hydrogen-bond donors (Lipinski definition) is 1. The van der Waals surface area contributed by atoms with Crippen LogP contribution in [-0.2, 0) is 10.4 Å². The molecule has 0 bridgehead atoms. The quantitative estimate of drug-likeness (QED) is 0.805. The van der Waals surface area contributed by atoms with Crippen LogP contribution in [0.1, 0.15) is 31.2 Å². The molecule has 0 amide bonds. The molecule has 1 fully saturated rings. The summed E-state index contributed by atoms with van der Waals surface area (Å²) < 4.78 is 0. The highest BCUT2D eigenvalue weighted by Gasteiger charge is 2.41. The Balaban J connectivity index is 2.43. The van der Waals surface area contributed by atoms with Gasteiger partial charge in [0.05, 0.1) is 0 Å². The zero-order chi connectivity index (χ0) is 11.6. The van der Waals surface area contributed by atoms with Crippen molar-refractivity contribution in [2.75, 3.05) is 0 Å². The Kier molecular flexibility index (Phi) is 3.31. The van der Waals surface area contributed by atoms with E-state index < -0.39 is 5.60 Å². The molecule has 0 saturated heterocycles. The average molecular weight is 239 g/mol. The zero-order valence-corrected chi connectivity index (χ0v) is 9.78. The minimum atomic E-state index is -1.07. The summed E-state index contributed by atoms with van der Waals surface area (Å²) in [6, 6.07) is 7.24. The second-order valence-electron chi connectivity index (χ2n) is 4.39. The van der Waals surface area contributed by atoms with Crippen LogP contribution in [0, 0.1) is 5.92 Å². The number of aliphatic hydroxyl groups is 1. The molecule has 0 spiro atoms. The summed E-state index contributed by atoms with van der Waals surface area (Å²) in [7, 11) is 0. The molecule has 2 nitrogen and oxygen atoms in total. The van der Waals surface area contributed by atoms with Gasteiger partial charge in [0.1, 0.15) is 11.9 Å². The normalized spacial score (nSPS) is 30.0. The van der Waals surface area contributed by atoms with Crippen molar-refractivity contribution in [2.45, 2.75) is 31.3 Å². The highest BCUT2D eigenvalue weighted by atomic mass is 35.5. The van der Waals surface area contributed by atoms with Crippen LogP contribution in [0.4, 0.5) is 0 Å². The Labute approximate surface area is 100 Å². The molecule has 2 atom stereocenters. The average Bonchev–Trinajstić information content (AvgIpc) is 2.30. The van der Waals surface area contributed by atoms with Gasteiger partial charge in [-0.1, -0.05) is 42.6 Å². The number of carbonyl (C=O) groups excluding carboxylic acids is 1. The van der Waals surface area contributed by atoms with Gasteiger partial charge in [-0.2, -0.15) is 0 Å². The molecule has 1 aliphatic carbocycles. The van der Waals surface area contributed by atoms with E-state index in [9.17, 15) is 9.90 Å². The molecule has 1 aliphatic rings. The van der Waals surface area contributed by atoms with E-state index in [0.29, 0.717) is 17.0 Å². The van der Waals surface area contributed by atoms with Gasteiger partial charge in [0.2, 0.25) is 0 Å². The lowest BCUT2D eigenvalue weighted by atomic mass is 9.72. The van der Waals surface area contributed by atoms with Gasteiger partial charge < -0.3 is 9.90 Å². The van der Waals surface area contributed by atoms with Crippen LogP contribution in [0.25, 0.3) is 0 Å². The summed E-state index contributed by atoms with van der Waals surface area (Å²) in [6.45, 7) is 0. The molecule has 2 unspecified atom stereocenters. The first-order chi connectivity index (χ1) is 7.68. The van der Waals surface area contributed by atoms with Gasteiger partial charge in [-0.15, -0.1) is 0 Å². The van der Waals surface area contributed by atoms with E-state index in [-0.39, 0.29) is 5.92 Å². The number of benzene rings is 1. The highest BCUT2D eigenvalue weighted by molar-refractivity contribution is 6.31. The lowest BCUT2D eigenvalue weighted by Crippen LogP contribution is -2.39. The van der Waals surface area contributed by atoms with Crippen molar-refractivity contribution in [2.24, 2.45) is 5.92 Å². The van der Waals surface area contributed by atoms with Crippen molar-refractivity contribution in [3.63, 3.8) is 0 Å². The molecule has 3 heteroatoms. The summed E-state index contributed by atoms with van der Waals surface area (Å²) >= 11 is 6.09. The summed E-state index contributed by atoms with van der Waals surface area (Å²) in [5.74, 6) is -0.332. The standard InChI is InChI=1S/C13H15ClO2/c14-12-7-2-1-6-11(12)13(16)8-4-3-5-10(13)9-15/h1-2,6-7,9-10,16H,3-5,8H2. The zero-order valence-electron chi connectivity index (χ0n) is 9.03. The van der Waals surface area contributed by atoms with Crippen molar-refractivity contribution < 1.29 is 9.90 Å². The number of rotatable bonds is 2. The summed E-state index contributed by atoms with van der Waals surface area (Å²) in [6.07, 6.45) is 4.15. The first kappa shape index (κ1) is 11.6. The summed E-state index contributed by atoms with van der Waals surface area (Å²) in [5, 5.41) is 11.2. The van der Waals surface area contributed by atoms with E-state index in [0.717, 1.165) is 25.5 Å². The third-order valence-corrected chi connectivity index (χ3v) is 3.77. The predicted octanol–water partition coefficient (Wildman–Crippen LogP) is 2.92. The molecular formula is C13H15ClO2. The fourth-order valence-corrected chi connectivity index (χ4v) is 2.81. The third kappa shape index (κ3) is 1.87. The first-order valence-electron chi connectivity index (χ1n) is 5.61. The second kappa shape index (κ2) is 4.56. The van der Waals surface area contributed by atoms with Crippen LogP contribution in [0.3, 0.4) is 0 Å². The van der Waals surface area contributed by atoms with Crippen LogP contribution in [0.15, 0.2) is 24.3 Å². The van der Waals surface area contributed by atoms with Crippen LogP contribution in [-0.4, -0.2) is 11.4 Å². The monoisotopic (exact) mass is 238 g/mol. The van der Waals surface area contributed by atoms with Crippen molar-refractivity contribution in [3.05, 3.63) is 34.9 Å².